The number of nitrogens with one attached hydrogen (secondary N) is 1. The monoisotopic (exact) mass is 283 g/mol. The number of amides is 1. The van der Waals surface area contributed by atoms with Gasteiger partial charge in [0.2, 0.25) is 5.91 Å². The Morgan fingerprint density at radius 2 is 2.15 bits per heavy atom. The third kappa shape index (κ3) is 6.23. The molecule has 3 N–H and O–H groups in total. The van der Waals surface area contributed by atoms with Crippen molar-refractivity contribution in [2.45, 2.75) is 46.5 Å². The Hall–Kier alpha value is -0.610. The van der Waals surface area contributed by atoms with E-state index in [1.807, 2.05) is 0 Å². The fourth-order valence-corrected chi connectivity index (χ4v) is 3.05. The summed E-state index contributed by atoms with van der Waals surface area (Å²) in [6.45, 7) is 11.6. The van der Waals surface area contributed by atoms with Crippen LogP contribution in [-0.4, -0.2) is 43.5 Å². The summed E-state index contributed by atoms with van der Waals surface area (Å²) >= 11 is 0. The van der Waals surface area contributed by atoms with Crippen LogP contribution in [-0.2, 0) is 4.79 Å². The van der Waals surface area contributed by atoms with Gasteiger partial charge >= 0.3 is 0 Å². The van der Waals surface area contributed by atoms with Crippen LogP contribution >= 0.6 is 0 Å². The molecule has 0 bridgehead atoms. The molecular weight excluding hydrogens is 250 g/mol. The van der Waals surface area contributed by atoms with Gasteiger partial charge in [-0.1, -0.05) is 20.8 Å². The number of hydrogen-bond acceptors (Lipinski definition) is 3. The molecule has 4 heteroatoms. The SMILES string of the molecule is CCN1CCC(CNC(=O)CCC(CCN)C(C)C)C1. The maximum atomic E-state index is 11.9. The Bertz CT molecular complexity index is 281. The summed E-state index contributed by atoms with van der Waals surface area (Å²) in [7, 11) is 0. The van der Waals surface area contributed by atoms with Crippen molar-refractivity contribution in [1.29, 1.82) is 0 Å². The lowest BCUT2D eigenvalue weighted by atomic mass is 9.88. The van der Waals surface area contributed by atoms with E-state index in [0.29, 0.717) is 24.2 Å². The summed E-state index contributed by atoms with van der Waals surface area (Å²) in [5.41, 5.74) is 5.64. The molecule has 0 spiro atoms. The highest BCUT2D eigenvalue weighted by molar-refractivity contribution is 5.75. The van der Waals surface area contributed by atoms with Gasteiger partial charge < -0.3 is 16.0 Å². The summed E-state index contributed by atoms with van der Waals surface area (Å²) < 4.78 is 0. The van der Waals surface area contributed by atoms with E-state index in [1.54, 1.807) is 0 Å². The van der Waals surface area contributed by atoms with Gasteiger partial charge in [0.05, 0.1) is 0 Å². The Morgan fingerprint density at radius 3 is 2.70 bits per heavy atom. The van der Waals surface area contributed by atoms with E-state index in [0.717, 1.165) is 39.0 Å². The first-order chi connectivity index (χ1) is 9.56. The van der Waals surface area contributed by atoms with Crippen LogP contribution in [0.3, 0.4) is 0 Å². The van der Waals surface area contributed by atoms with Gasteiger partial charge in [-0.25, -0.2) is 0 Å². The maximum absolute atomic E-state index is 11.9. The minimum atomic E-state index is 0.211. The molecule has 20 heavy (non-hydrogen) atoms. The van der Waals surface area contributed by atoms with E-state index in [9.17, 15) is 4.79 Å². The molecule has 0 saturated carbocycles. The molecule has 0 radical (unpaired) electrons. The summed E-state index contributed by atoms with van der Waals surface area (Å²) in [5.74, 6) is 2.04. The highest BCUT2D eigenvalue weighted by atomic mass is 16.1. The van der Waals surface area contributed by atoms with Gasteiger partial charge in [0.25, 0.3) is 0 Å². The van der Waals surface area contributed by atoms with Gasteiger partial charge in [-0.3, -0.25) is 4.79 Å². The van der Waals surface area contributed by atoms with Crippen molar-refractivity contribution < 1.29 is 4.79 Å². The molecule has 1 amide bonds. The van der Waals surface area contributed by atoms with Crippen molar-refractivity contribution in [2.24, 2.45) is 23.5 Å². The summed E-state index contributed by atoms with van der Waals surface area (Å²) in [5, 5.41) is 3.11. The molecular formula is C16H33N3O. The van der Waals surface area contributed by atoms with E-state index >= 15 is 0 Å². The Kier molecular flexibility index (Phi) is 8.15. The van der Waals surface area contributed by atoms with Crippen molar-refractivity contribution in [1.82, 2.24) is 10.2 Å². The van der Waals surface area contributed by atoms with Gasteiger partial charge in [-0.15, -0.1) is 0 Å². The molecule has 1 aliphatic heterocycles. The minimum absolute atomic E-state index is 0.211. The molecule has 118 valence electrons. The Morgan fingerprint density at radius 1 is 1.40 bits per heavy atom. The first kappa shape index (κ1) is 17.4. The van der Waals surface area contributed by atoms with Crippen LogP contribution in [0.2, 0.25) is 0 Å². The number of hydrogen-bond donors (Lipinski definition) is 2. The fourth-order valence-electron chi connectivity index (χ4n) is 3.05. The summed E-state index contributed by atoms with van der Waals surface area (Å²) in [6, 6.07) is 0. The van der Waals surface area contributed by atoms with Gasteiger partial charge in [0, 0.05) is 19.5 Å². The van der Waals surface area contributed by atoms with Crippen molar-refractivity contribution in [2.75, 3.05) is 32.7 Å². The van der Waals surface area contributed by atoms with Gasteiger partial charge in [0.15, 0.2) is 0 Å². The number of rotatable bonds is 9. The van der Waals surface area contributed by atoms with Crippen LogP contribution in [0.15, 0.2) is 0 Å². The number of likely N-dealkylation sites (tertiary alicyclic amines) is 1. The number of nitrogens with two attached hydrogens (primary N) is 1. The molecule has 1 saturated heterocycles. The van der Waals surface area contributed by atoms with E-state index < -0.39 is 0 Å². The topological polar surface area (TPSA) is 58.4 Å². The van der Waals surface area contributed by atoms with Gasteiger partial charge in [-0.2, -0.15) is 0 Å². The second-order valence-corrected chi connectivity index (χ2v) is 6.47. The maximum Gasteiger partial charge on any atom is 0.220 e. The third-order valence-corrected chi connectivity index (χ3v) is 4.63. The smallest absolute Gasteiger partial charge is 0.220 e. The van der Waals surface area contributed by atoms with Gasteiger partial charge in [-0.05, 0) is 56.7 Å². The van der Waals surface area contributed by atoms with Crippen LogP contribution < -0.4 is 11.1 Å². The van der Waals surface area contributed by atoms with E-state index in [1.165, 1.54) is 13.0 Å². The summed E-state index contributed by atoms with van der Waals surface area (Å²) in [4.78, 5) is 14.4. The van der Waals surface area contributed by atoms with Crippen molar-refractivity contribution in [3.63, 3.8) is 0 Å². The largest absolute Gasteiger partial charge is 0.356 e. The minimum Gasteiger partial charge on any atom is -0.356 e. The predicted molar refractivity (Wildman–Crippen MR) is 84.5 cm³/mol. The zero-order valence-corrected chi connectivity index (χ0v) is 13.5. The van der Waals surface area contributed by atoms with E-state index in [-0.39, 0.29) is 5.91 Å². The van der Waals surface area contributed by atoms with Crippen LogP contribution in [0.1, 0.15) is 46.5 Å². The zero-order chi connectivity index (χ0) is 15.0. The van der Waals surface area contributed by atoms with Crippen LogP contribution in [0, 0.1) is 17.8 Å². The number of carbonyl (C=O) groups is 1. The van der Waals surface area contributed by atoms with Crippen LogP contribution in [0.4, 0.5) is 0 Å². The Balaban J connectivity index is 2.17. The molecule has 1 fully saturated rings. The molecule has 0 aliphatic carbocycles. The Labute approximate surface area is 124 Å². The second kappa shape index (κ2) is 9.35. The molecule has 1 heterocycles. The highest BCUT2D eigenvalue weighted by Gasteiger charge is 2.21. The normalized spacial score (nSPS) is 21.4. The first-order valence-corrected chi connectivity index (χ1v) is 8.25. The lowest BCUT2D eigenvalue weighted by Gasteiger charge is -2.20. The summed E-state index contributed by atoms with van der Waals surface area (Å²) in [6.07, 6.45) is 3.86. The van der Waals surface area contributed by atoms with E-state index in [2.05, 4.69) is 31.0 Å². The molecule has 0 aromatic heterocycles. The molecule has 4 nitrogen and oxygen atoms in total. The van der Waals surface area contributed by atoms with Crippen molar-refractivity contribution in [3.8, 4) is 0 Å². The molecule has 0 aromatic rings. The first-order valence-electron chi connectivity index (χ1n) is 8.25. The van der Waals surface area contributed by atoms with Crippen LogP contribution in [0.5, 0.6) is 0 Å². The number of nitrogens with zero attached hydrogens (tertiary/aromatic N) is 1. The van der Waals surface area contributed by atoms with Crippen LogP contribution in [0.25, 0.3) is 0 Å². The number of carbonyl (C=O) groups excluding carboxylic acids is 1. The molecule has 0 aromatic carbocycles. The third-order valence-electron chi connectivity index (χ3n) is 4.63. The van der Waals surface area contributed by atoms with Crippen molar-refractivity contribution >= 4 is 5.91 Å². The lowest BCUT2D eigenvalue weighted by Crippen LogP contribution is -2.31. The predicted octanol–water partition coefficient (Wildman–Crippen LogP) is 1.85. The average molecular weight is 283 g/mol. The van der Waals surface area contributed by atoms with E-state index in [4.69, 9.17) is 5.73 Å². The molecule has 2 atom stereocenters. The quantitative estimate of drug-likeness (QED) is 0.679. The second-order valence-electron chi connectivity index (χ2n) is 6.47. The molecule has 1 aliphatic rings. The lowest BCUT2D eigenvalue weighted by molar-refractivity contribution is -0.121. The fraction of sp³-hybridized carbons (Fsp3) is 0.938. The molecule has 2 unspecified atom stereocenters. The van der Waals surface area contributed by atoms with Gasteiger partial charge in [0.1, 0.15) is 0 Å². The zero-order valence-electron chi connectivity index (χ0n) is 13.5. The average Bonchev–Trinajstić information content (AvgIpc) is 2.88. The van der Waals surface area contributed by atoms with Crippen molar-refractivity contribution in [3.05, 3.63) is 0 Å². The highest BCUT2D eigenvalue weighted by Crippen LogP contribution is 2.20. The standard InChI is InChI=1S/C16H33N3O/c1-4-19-10-8-14(12-19)11-18-16(20)6-5-15(7-9-17)13(2)3/h13-15H,4-12,17H2,1-3H3,(H,18,20). The molecule has 1 rings (SSSR count).